The number of ether oxygens (including phenoxy) is 1. The lowest BCUT2D eigenvalue weighted by Crippen LogP contribution is -2.58. The Balaban J connectivity index is 1.82. The Hall–Kier alpha value is -3.03. The summed E-state index contributed by atoms with van der Waals surface area (Å²) in [5, 5.41) is 14.3. The molecule has 162 valence electrons. The summed E-state index contributed by atoms with van der Waals surface area (Å²) in [4.78, 5) is 40.7. The van der Waals surface area contributed by atoms with Gasteiger partial charge in [-0.15, -0.1) is 0 Å². The zero-order valence-corrected chi connectivity index (χ0v) is 18.5. The average molecular weight is 422 g/mol. The maximum Gasteiger partial charge on any atom is 0.273 e. The van der Waals surface area contributed by atoms with Gasteiger partial charge in [0, 0.05) is 11.4 Å². The molecule has 0 saturated carbocycles. The van der Waals surface area contributed by atoms with Crippen LogP contribution in [0.3, 0.4) is 0 Å². The molecule has 0 radical (unpaired) electrons. The van der Waals surface area contributed by atoms with E-state index in [1.54, 1.807) is 25.1 Å². The van der Waals surface area contributed by atoms with Crippen molar-refractivity contribution in [3.8, 4) is 0 Å². The van der Waals surface area contributed by atoms with Gasteiger partial charge in [-0.3, -0.25) is 19.3 Å². The number of benzene rings is 2. The van der Waals surface area contributed by atoms with Gasteiger partial charge in [0.2, 0.25) is 11.2 Å². The Morgan fingerprint density at radius 1 is 1.00 bits per heavy atom. The minimum absolute atomic E-state index is 0.427. The second-order valence-corrected chi connectivity index (χ2v) is 8.74. The number of epoxide rings is 1. The highest BCUT2D eigenvalue weighted by Crippen LogP contribution is 2.64. The fourth-order valence-corrected chi connectivity index (χ4v) is 4.80. The van der Waals surface area contributed by atoms with Crippen LogP contribution in [0.4, 0.5) is 11.4 Å². The first-order valence-electron chi connectivity index (χ1n) is 10.1. The van der Waals surface area contributed by atoms with Gasteiger partial charge in [-0.05, 0) is 64.8 Å². The molecular formula is C24H26N2O5. The van der Waals surface area contributed by atoms with Crippen molar-refractivity contribution in [1.29, 1.82) is 0 Å². The summed E-state index contributed by atoms with van der Waals surface area (Å²) in [6.07, 6.45) is 0. The van der Waals surface area contributed by atoms with Gasteiger partial charge in [0.1, 0.15) is 0 Å². The standard InChI is InChI=1S/C24H26N2O5/c1-13-7-9-18(15(3)11-13)25-20(28)24-22(6,30)26(19-10-8-14(2)12-16(19)4)21(29)23(24,31-24)17(5)27/h7-12,30H,1-6H3,(H,25,28)/t22-,23+,24-/m1/s1. The van der Waals surface area contributed by atoms with Crippen molar-refractivity contribution in [2.24, 2.45) is 0 Å². The molecule has 2 aliphatic rings. The molecular weight excluding hydrogens is 396 g/mol. The molecule has 2 aliphatic heterocycles. The van der Waals surface area contributed by atoms with E-state index in [-0.39, 0.29) is 0 Å². The predicted molar refractivity (Wildman–Crippen MR) is 116 cm³/mol. The predicted octanol–water partition coefficient (Wildman–Crippen LogP) is 2.71. The number of anilines is 2. The fraction of sp³-hybridized carbons (Fsp3) is 0.375. The Labute approximate surface area is 181 Å². The second kappa shape index (κ2) is 6.48. The maximum absolute atomic E-state index is 13.5. The van der Waals surface area contributed by atoms with Gasteiger partial charge >= 0.3 is 0 Å². The Morgan fingerprint density at radius 2 is 1.58 bits per heavy atom. The van der Waals surface area contributed by atoms with E-state index < -0.39 is 34.5 Å². The van der Waals surface area contributed by atoms with E-state index in [0.29, 0.717) is 11.4 Å². The maximum atomic E-state index is 13.5. The van der Waals surface area contributed by atoms with E-state index in [1.807, 2.05) is 39.0 Å². The van der Waals surface area contributed by atoms with Crippen molar-refractivity contribution in [3.05, 3.63) is 58.7 Å². The molecule has 7 nitrogen and oxygen atoms in total. The lowest BCUT2D eigenvalue weighted by Gasteiger charge is -2.36. The number of hydrogen-bond acceptors (Lipinski definition) is 5. The van der Waals surface area contributed by atoms with Crippen LogP contribution in [0.1, 0.15) is 36.1 Å². The first-order chi connectivity index (χ1) is 14.4. The Morgan fingerprint density at radius 3 is 2.13 bits per heavy atom. The van der Waals surface area contributed by atoms with Gasteiger partial charge in [-0.2, -0.15) is 0 Å². The molecule has 2 aromatic rings. The molecule has 2 heterocycles. The topological polar surface area (TPSA) is 99.2 Å². The highest BCUT2D eigenvalue weighted by Gasteiger charge is 2.95. The van der Waals surface area contributed by atoms with Gasteiger partial charge in [0.15, 0.2) is 11.5 Å². The van der Waals surface area contributed by atoms with Crippen LogP contribution in [-0.4, -0.2) is 39.6 Å². The molecule has 0 aliphatic carbocycles. The quantitative estimate of drug-likeness (QED) is 0.583. The molecule has 2 N–H and O–H groups in total. The minimum Gasteiger partial charge on any atom is -0.367 e. The SMILES string of the molecule is CC(=O)[C@@]12O[C@]1(C(=O)Nc1ccc(C)cc1C)[C@@](C)(O)N(c1ccc(C)cc1C)C2=O. The summed E-state index contributed by atoms with van der Waals surface area (Å²) in [7, 11) is 0. The molecule has 2 saturated heterocycles. The number of carbonyl (C=O) groups is 3. The lowest BCUT2D eigenvalue weighted by atomic mass is 9.85. The van der Waals surface area contributed by atoms with E-state index in [9.17, 15) is 19.5 Å². The van der Waals surface area contributed by atoms with Gasteiger partial charge in [0.05, 0.1) is 0 Å². The van der Waals surface area contributed by atoms with Crippen LogP contribution in [-0.2, 0) is 19.1 Å². The number of ketones is 1. The molecule has 0 aromatic heterocycles. The number of amides is 2. The normalized spacial score (nSPS) is 29.0. The molecule has 7 heteroatoms. The number of morpholine rings is 1. The second-order valence-electron chi connectivity index (χ2n) is 8.74. The number of fused-ring (bicyclic) bond motifs is 1. The summed E-state index contributed by atoms with van der Waals surface area (Å²) < 4.78 is 5.63. The van der Waals surface area contributed by atoms with Crippen molar-refractivity contribution >= 4 is 29.0 Å². The third-order valence-corrected chi connectivity index (χ3v) is 6.41. The van der Waals surface area contributed by atoms with E-state index in [4.69, 9.17) is 4.74 Å². The smallest absolute Gasteiger partial charge is 0.273 e. The van der Waals surface area contributed by atoms with Crippen LogP contribution in [0, 0.1) is 27.7 Å². The summed E-state index contributed by atoms with van der Waals surface area (Å²) in [6, 6.07) is 10.9. The first kappa shape index (κ1) is 21.2. The van der Waals surface area contributed by atoms with Gasteiger partial charge in [-0.25, -0.2) is 0 Å². The lowest BCUT2D eigenvalue weighted by molar-refractivity contribution is -0.136. The van der Waals surface area contributed by atoms with Crippen molar-refractivity contribution in [2.75, 3.05) is 10.2 Å². The molecule has 2 aromatic carbocycles. The molecule has 3 atom stereocenters. The number of carbonyl (C=O) groups excluding carboxylic acids is 3. The molecule has 2 fully saturated rings. The zero-order chi connectivity index (χ0) is 22.9. The van der Waals surface area contributed by atoms with Crippen molar-refractivity contribution in [2.45, 2.75) is 58.5 Å². The number of aliphatic hydroxyl groups is 1. The van der Waals surface area contributed by atoms with Crippen LogP contribution in [0.25, 0.3) is 0 Å². The summed E-state index contributed by atoms with van der Waals surface area (Å²) in [5.74, 6) is -2.10. The average Bonchev–Trinajstić information content (AvgIpc) is 3.36. The number of rotatable bonds is 4. The Bertz CT molecular complexity index is 1150. The number of nitrogens with one attached hydrogen (secondary N) is 1. The van der Waals surface area contributed by atoms with Gasteiger partial charge in [0.25, 0.3) is 11.8 Å². The van der Waals surface area contributed by atoms with Crippen LogP contribution in [0.5, 0.6) is 0 Å². The molecule has 0 spiro atoms. The monoisotopic (exact) mass is 422 g/mol. The molecule has 0 bridgehead atoms. The largest absolute Gasteiger partial charge is 0.367 e. The summed E-state index contributed by atoms with van der Waals surface area (Å²) in [6.45, 7) is 10.0. The number of aryl methyl sites for hydroxylation is 4. The third kappa shape index (κ3) is 2.56. The number of hydrogen-bond donors (Lipinski definition) is 2. The van der Waals surface area contributed by atoms with Crippen LogP contribution in [0.2, 0.25) is 0 Å². The van der Waals surface area contributed by atoms with Gasteiger partial charge < -0.3 is 15.2 Å². The van der Waals surface area contributed by atoms with Gasteiger partial charge in [-0.1, -0.05) is 35.4 Å². The first-order valence-corrected chi connectivity index (χ1v) is 10.1. The fourth-order valence-electron chi connectivity index (χ4n) is 4.80. The number of Topliss-reactive ketones (excluding diaryl/α,β-unsaturated/α-hetero) is 1. The highest BCUT2D eigenvalue weighted by atomic mass is 16.7. The summed E-state index contributed by atoms with van der Waals surface area (Å²) in [5.41, 5.74) is -1.70. The van der Waals surface area contributed by atoms with Crippen LogP contribution >= 0.6 is 0 Å². The van der Waals surface area contributed by atoms with Crippen molar-refractivity contribution in [3.63, 3.8) is 0 Å². The zero-order valence-electron chi connectivity index (χ0n) is 18.5. The molecule has 31 heavy (non-hydrogen) atoms. The van der Waals surface area contributed by atoms with Crippen molar-refractivity contribution < 1.29 is 24.2 Å². The van der Waals surface area contributed by atoms with E-state index in [1.165, 1.54) is 13.8 Å². The van der Waals surface area contributed by atoms with E-state index in [2.05, 4.69) is 5.32 Å². The highest BCUT2D eigenvalue weighted by molar-refractivity contribution is 6.29. The van der Waals surface area contributed by atoms with Crippen LogP contribution in [0.15, 0.2) is 36.4 Å². The minimum atomic E-state index is -2.08. The molecule has 0 unspecified atom stereocenters. The van der Waals surface area contributed by atoms with E-state index in [0.717, 1.165) is 27.2 Å². The van der Waals surface area contributed by atoms with E-state index >= 15 is 0 Å². The Kier molecular flexibility index (Phi) is 4.44. The third-order valence-electron chi connectivity index (χ3n) is 6.41. The van der Waals surface area contributed by atoms with Crippen molar-refractivity contribution in [1.82, 2.24) is 0 Å². The van der Waals surface area contributed by atoms with Crippen LogP contribution < -0.4 is 10.2 Å². The molecule has 2 amide bonds. The summed E-state index contributed by atoms with van der Waals surface area (Å²) >= 11 is 0. The number of nitrogens with zero attached hydrogens (tertiary/aromatic N) is 1. The molecule has 4 rings (SSSR count).